The summed E-state index contributed by atoms with van der Waals surface area (Å²) in [6.07, 6.45) is 1.63. The van der Waals surface area contributed by atoms with Crippen LogP contribution in [0.2, 0.25) is 0 Å². The number of ether oxygens (including phenoxy) is 1. The topological polar surface area (TPSA) is 113 Å². The molecule has 0 saturated heterocycles. The number of nitrogens with one attached hydrogen (secondary N) is 2. The van der Waals surface area contributed by atoms with Crippen molar-refractivity contribution in [2.24, 2.45) is 0 Å². The number of carbonyl (C=O) groups excluding carboxylic acids is 1. The fraction of sp³-hybridized carbons (Fsp3) is 0.125. The van der Waals surface area contributed by atoms with Crippen molar-refractivity contribution in [3.05, 3.63) is 47.7 Å². The standard InChI is InChI=1S/C16H15N5O3/c1-9-7-10(13(22)12(8-9)24-2)15(23)19-16-18-14(20-21-16)11-5-3-4-6-17-11/h3-8,22H,1-2H3,(H2,18,19,20,21,23). The first-order valence-corrected chi connectivity index (χ1v) is 7.11. The lowest BCUT2D eigenvalue weighted by Gasteiger charge is -2.09. The van der Waals surface area contributed by atoms with Gasteiger partial charge in [0, 0.05) is 6.20 Å². The largest absolute Gasteiger partial charge is 0.504 e. The number of hydrogen-bond acceptors (Lipinski definition) is 6. The first kappa shape index (κ1) is 15.5. The predicted molar refractivity (Wildman–Crippen MR) is 87.0 cm³/mol. The molecular weight excluding hydrogens is 310 g/mol. The van der Waals surface area contributed by atoms with E-state index in [1.165, 1.54) is 7.11 Å². The van der Waals surface area contributed by atoms with E-state index in [2.05, 4.69) is 25.5 Å². The Labute approximate surface area is 137 Å². The van der Waals surface area contributed by atoms with Gasteiger partial charge < -0.3 is 9.84 Å². The predicted octanol–water partition coefficient (Wildman–Crippen LogP) is 2.14. The number of phenolic OH excluding ortho intramolecular Hbond substituents is 1. The summed E-state index contributed by atoms with van der Waals surface area (Å²) in [5.41, 5.74) is 1.46. The van der Waals surface area contributed by atoms with Crippen LogP contribution in [0.5, 0.6) is 11.5 Å². The first-order valence-electron chi connectivity index (χ1n) is 7.11. The van der Waals surface area contributed by atoms with Crippen LogP contribution in [-0.2, 0) is 0 Å². The van der Waals surface area contributed by atoms with Crippen LogP contribution in [0.4, 0.5) is 5.95 Å². The monoisotopic (exact) mass is 325 g/mol. The van der Waals surface area contributed by atoms with Gasteiger partial charge in [0.1, 0.15) is 5.69 Å². The van der Waals surface area contributed by atoms with E-state index in [0.29, 0.717) is 11.5 Å². The fourth-order valence-corrected chi connectivity index (χ4v) is 2.18. The number of anilines is 1. The maximum Gasteiger partial charge on any atom is 0.261 e. The summed E-state index contributed by atoms with van der Waals surface area (Å²) in [4.78, 5) is 20.7. The molecule has 3 N–H and O–H groups in total. The highest BCUT2D eigenvalue weighted by molar-refractivity contribution is 6.06. The third-order valence-corrected chi connectivity index (χ3v) is 3.30. The number of pyridine rings is 1. The van der Waals surface area contributed by atoms with E-state index in [1.807, 2.05) is 6.07 Å². The van der Waals surface area contributed by atoms with Crippen LogP contribution in [0, 0.1) is 6.92 Å². The van der Waals surface area contributed by atoms with Crippen LogP contribution >= 0.6 is 0 Å². The zero-order valence-corrected chi connectivity index (χ0v) is 13.1. The maximum absolute atomic E-state index is 12.4. The van der Waals surface area contributed by atoms with Crippen LogP contribution in [0.3, 0.4) is 0 Å². The summed E-state index contributed by atoms with van der Waals surface area (Å²) in [5.74, 6) is -0.0380. The second kappa shape index (κ2) is 6.37. The number of aromatic amines is 1. The molecule has 0 saturated carbocycles. The molecule has 24 heavy (non-hydrogen) atoms. The Morgan fingerprint density at radius 2 is 2.17 bits per heavy atom. The van der Waals surface area contributed by atoms with Crippen molar-refractivity contribution < 1.29 is 14.6 Å². The summed E-state index contributed by atoms with van der Waals surface area (Å²) in [6, 6.07) is 8.57. The highest BCUT2D eigenvalue weighted by atomic mass is 16.5. The number of hydrogen-bond donors (Lipinski definition) is 3. The quantitative estimate of drug-likeness (QED) is 0.677. The number of amides is 1. The van der Waals surface area contributed by atoms with Crippen LogP contribution in [0.25, 0.3) is 11.5 Å². The number of aromatic nitrogens is 4. The average Bonchev–Trinajstić information content (AvgIpc) is 3.05. The Kier molecular flexibility index (Phi) is 4.11. The molecule has 122 valence electrons. The minimum Gasteiger partial charge on any atom is -0.504 e. The van der Waals surface area contributed by atoms with Crippen molar-refractivity contribution in [3.63, 3.8) is 0 Å². The molecule has 2 aromatic heterocycles. The number of benzene rings is 1. The summed E-state index contributed by atoms with van der Waals surface area (Å²) in [6.45, 7) is 1.80. The molecule has 0 bridgehead atoms. The molecular formula is C16H15N5O3. The van der Waals surface area contributed by atoms with Gasteiger partial charge in [-0.3, -0.25) is 20.2 Å². The Morgan fingerprint density at radius 1 is 1.33 bits per heavy atom. The lowest BCUT2D eigenvalue weighted by Crippen LogP contribution is -2.13. The number of rotatable bonds is 4. The zero-order chi connectivity index (χ0) is 17.1. The van der Waals surface area contributed by atoms with Crippen LogP contribution in [0.1, 0.15) is 15.9 Å². The van der Waals surface area contributed by atoms with Gasteiger partial charge in [0.2, 0.25) is 5.95 Å². The molecule has 2 heterocycles. The van der Waals surface area contributed by atoms with E-state index in [9.17, 15) is 9.90 Å². The van der Waals surface area contributed by atoms with Gasteiger partial charge >= 0.3 is 0 Å². The molecule has 0 spiro atoms. The van der Waals surface area contributed by atoms with Crippen molar-refractivity contribution >= 4 is 11.9 Å². The van der Waals surface area contributed by atoms with Gasteiger partial charge in [0.25, 0.3) is 5.91 Å². The molecule has 0 radical (unpaired) electrons. The molecule has 3 aromatic rings. The number of nitrogens with zero attached hydrogens (tertiary/aromatic N) is 3. The van der Waals surface area contributed by atoms with Crippen LogP contribution in [0.15, 0.2) is 36.5 Å². The lowest BCUT2D eigenvalue weighted by molar-refractivity contribution is 0.102. The van der Waals surface area contributed by atoms with Crippen LogP contribution in [-0.4, -0.2) is 38.3 Å². The van der Waals surface area contributed by atoms with E-state index in [0.717, 1.165) is 5.56 Å². The number of methoxy groups -OCH3 is 1. The number of phenols is 1. The number of aromatic hydroxyl groups is 1. The van der Waals surface area contributed by atoms with E-state index in [1.54, 1.807) is 37.4 Å². The van der Waals surface area contributed by atoms with Gasteiger partial charge in [-0.05, 0) is 36.8 Å². The molecule has 8 heteroatoms. The molecule has 3 rings (SSSR count). The molecule has 0 aliphatic heterocycles. The molecule has 8 nitrogen and oxygen atoms in total. The maximum atomic E-state index is 12.4. The van der Waals surface area contributed by atoms with Crippen molar-refractivity contribution in [2.75, 3.05) is 12.4 Å². The van der Waals surface area contributed by atoms with Crippen molar-refractivity contribution in [2.45, 2.75) is 6.92 Å². The van der Waals surface area contributed by atoms with Crippen molar-refractivity contribution in [3.8, 4) is 23.0 Å². The fourth-order valence-electron chi connectivity index (χ4n) is 2.18. The van der Waals surface area contributed by atoms with Crippen LogP contribution < -0.4 is 10.1 Å². The SMILES string of the molecule is COc1cc(C)cc(C(=O)Nc2n[nH]c(-c3ccccn3)n2)c1O. The Bertz CT molecular complexity index is 877. The Hall–Kier alpha value is -3.42. The Morgan fingerprint density at radius 3 is 2.88 bits per heavy atom. The average molecular weight is 325 g/mol. The lowest BCUT2D eigenvalue weighted by atomic mass is 10.1. The zero-order valence-electron chi connectivity index (χ0n) is 13.1. The normalized spacial score (nSPS) is 10.4. The smallest absolute Gasteiger partial charge is 0.261 e. The van der Waals surface area contributed by atoms with E-state index < -0.39 is 5.91 Å². The highest BCUT2D eigenvalue weighted by Gasteiger charge is 2.18. The third-order valence-electron chi connectivity index (χ3n) is 3.30. The van der Waals surface area contributed by atoms with E-state index in [-0.39, 0.29) is 23.0 Å². The first-order chi connectivity index (χ1) is 11.6. The summed E-state index contributed by atoms with van der Waals surface area (Å²) in [5, 5.41) is 19.3. The Balaban J connectivity index is 1.84. The van der Waals surface area contributed by atoms with Crippen molar-refractivity contribution in [1.29, 1.82) is 0 Å². The molecule has 0 unspecified atom stereocenters. The molecule has 0 fully saturated rings. The molecule has 1 amide bonds. The number of aryl methyl sites for hydroxylation is 1. The van der Waals surface area contributed by atoms with E-state index >= 15 is 0 Å². The molecule has 0 atom stereocenters. The third kappa shape index (κ3) is 3.02. The van der Waals surface area contributed by atoms with Gasteiger partial charge in [0.05, 0.1) is 12.7 Å². The summed E-state index contributed by atoms with van der Waals surface area (Å²) >= 11 is 0. The highest BCUT2D eigenvalue weighted by Crippen LogP contribution is 2.31. The summed E-state index contributed by atoms with van der Waals surface area (Å²) in [7, 11) is 1.42. The van der Waals surface area contributed by atoms with Crippen molar-refractivity contribution in [1.82, 2.24) is 20.2 Å². The summed E-state index contributed by atoms with van der Waals surface area (Å²) < 4.78 is 5.05. The molecule has 0 aliphatic carbocycles. The second-order valence-electron chi connectivity index (χ2n) is 5.04. The number of H-pyrrole nitrogens is 1. The molecule has 1 aromatic carbocycles. The number of carbonyl (C=O) groups is 1. The van der Waals surface area contributed by atoms with E-state index in [4.69, 9.17) is 4.74 Å². The van der Waals surface area contributed by atoms with Gasteiger partial charge in [-0.25, -0.2) is 0 Å². The van der Waals surface area contributed by atoms with Gasteiger partial charge in [-0.1, -0.05) is 6.07 Å². The van der Waals surface area contributed by atoms with Gasteiger partial charge in [-0.15, -0.1) is 5.10 Å². The molecule has 0 aliphatic rings. The van der Waals surface area contributed by atoms with Gasteiger partial charge in [0.15, 0.2) is 17.3 Å². The minimum atomic E-state index is -0.541. The second-order valence-corrected chi connectivity index (χ2v) is 5.04. The van der Waals surface area contributed by atoms with Gasteiger partial charge in [-0.2, -0.15) is 4.98 Å². The minimum absolute atomic E-state index is 0.0797.